The Morgan fingerprint density at radius 3 is 2.58 bits per heavy atom. The molecule has 2 N–H and O–H groups in total. The molecule has 1 aliphatic heterocycles. The molecule has 1 heterocycles. The molecule has 138 valence electrons. The van der Waals surface area contributed by atoms with Crippen molar-refractivity contribution in [3.05, 3.63) is 55.3 Å². The molecule has 1 saturated carbocycles. The highest BCUT2D eigenvalue weighted by molar-refractivity contribution is 5.51. The van der Waals surface area contributed by atoms with Crippen LogP contribution in [0.15, 0.2) is 44.7 Å². The first-order valence-electron chi connectivity index (χ1n) is 8.82. The predicted molar refractivity (Wildman–Crippen MR) is 94.7 cm³/mol. The number of rotatable bonds is 4. The van der Waals surface area contributed by atoms with Gasteiger partial charge in [0.2, 0.25) is 0 Å². The summed E-state index contributed by atoms with van der Waals surface area (Å²) in [6.07, 6.45) is 7.89. The fourth-order valence-corrected chi connectivity index (χ4v) is 3.99. The molecule has 9 nitrogen and oxygen atoms in total. The third-order valence-electron chi connectivity index (χ3n) is 5.19. The zero-order chi connectivity index (χ0) is 18.6. The predicted octanol–water partition coefficient (Wildman–Crippen LogP) is 3.57. The van der Waals surface area contributed by atoms with Crippen molar-refractivity contribution in [2.75, 3.05) is 13.1 Å². The van der Waals surface area contributed by atoms with Gasteiger partial charge in [0.05, 0.1) is 19.2 Å². The van der Waals surface area contributed by atoms with Gasteiger partial charge < -0.3 is 14.9 Å². The molecule has 3 rings (SSSR count). The topological polar surface area (TPSA) is 147 Å². The van der Waals surface area contributed by atoms with Gasteiger partial charge in [0.25, 0.3) is 0 Å². The van der Waals surface area contributed by atoms with E-state index in [-0.39, 0.29) is 13.1 Å². The fourth-order valence-electron chi connectivity index (χ4n) is 3.99. The van der Waals surface area contributed by atoms with Crippen molar-refractivity contribution in [1.82, 2.24) is 0 Å². The van der Waals surface area contributed by atoms with Crippen molar-refractivity contribution < 1.29 is 14.9 Å². The van der Waals surface area contributed by atoms with E-state index >= 15 is 0 Å². The Morgan fingerprint density at radius 1 is 1.15 bits per heavy atom. The monoisotopic (exact) mass is 358 g/mol. The lowest BCUT2D eigenvalue weighted by molar-refractivity contribution is -0.201. The van der Waals surface area contributed by atoms with Crippen LogP contribution in [0.2, 0.25) is 0 Å². The van der Waals surface area contributed by atoms with E-state index < -0.39 is 18.0 Å². The van der Waals surface area contributed by atoms with Gasteiger partial charge in [0, 0.05) is 15.4 Å². The summed E-state index contributed by atoms with van der Waals surface area (Å²) in [5, 5.41) is 28.9. The van der Waals surface area contributed by atoms with E-state index in [2.05, 4.69) is 20.1 Å². The second kappa shape index (κ2) is 7.95. The molecule has 0 aromatic carbocycles. The molecular weight excluding hydrogens is 336 g/mol. The highest BCUT2D eigenvalue weighted by Gasteiger charge is 2.43. The van der Waals surface area contributed by atoms with Gasteiger partial charge >= 0.3 is 0 Å². The smallest absolute Gasteiger partial charge is 0.198 e. The van der Waals surface area contributed by atoms with Gasteiger partial charge in [0.15, 0.2) is 5.79 Å². The number of ether oxygens (including phenoxy) is 1. The number of hydrogen-bond acceptors (Lipinski definition) is 5. The Morgan fingerprint density at radius 2 is 1.88 bits per heavy atom. The van der Waals surface area contributed by atoms with Crippen LogP contribution in [0.5, 0.6) is 0 Å². The Balaban J connectivity index is 1.98. The Labute approximate surface area is 150 Å². The van der Waals surface area contributed by atoms with Crippen molar-refractivity contribution in [2.45, 2.75) is 56.5 Å². The fraction of sp³-hybridized carbons (Fsp3) is 0.647. The maximum absolute atomic E-state index is 11.0. The summed E-state index contributed by atoms with van der Waals surface area (Å²) in [7, 11) is 0. The van der Waals surface area contributed by atoms with Gasteiger partial charge in [-0.25, -0.2) is 0 Å². The zero-order valence-corrected chi connectivity index (χ0v) is 14.5. The molecule has 0 aromatic heterocycles. The number of aliphatic hydroxyl groups excluding tert-OH is 1. The first-order valence-corrected chi connectivity index (χ1v) is 8.82. The molecule has 3 atom stereocenters. The summed E-state index contributed by atoms with van der Waals surface area (Å²) < 4.78 is 5.67. The highest BCUT2D eigenvalue weighted by Crippen LogP contribution is 2.42. The number of nitrogens with zero attached hydrogens (tertiary/aromatic N) is 6. The summed E-state index contributed by atoms with van der Waals surface area (Å²) >= 11 is 0. The van der Waals surface area contributed by atoms with Crippen LogP contribution in [0.1, 0.15) is 38.5 Å². The number of allylic oxidation sites excluding steroid dienone is 1. The summed E-state index contributed by atoms with van der Waals surface area (Å²) in [5.41, 5.74) is 20.4. The molecule has 26 heavy (non-hydrogen) atoms. The van der Waals surface area contributed by atoms with E-state index in [1.54, 1.807) is 6.08 Å². The third-order valence-corrected chi connectivity index (χ3v) is 5.19. The van der Waals surface area contributed by atoms with Crippen LogP contribution in [0.4, 0.5) is 0 Å². The normalized spacial score (nSPS) is 31.2. The molecule has 1 unspecified atom stereocenters. The first kappa shape index (κ1) is 18.5. The molecule has 1 fully saturated rings. The van der Waals surface area contributed by atoms with Crippen LogP contribution < -0.4 is 0 Å². The number of hydrogen-bond donors (Lipinski definition) is 2. The minimum Gasteiger partial charge on any atom is -0.384 e. The molecule has 9 heteroatoms. The average molecular weight is 358 g/mol. The minimum absolute atomic E-state index is 0.0220. The summed E-state index contributed by atoms with van der Waals surface area (Å²) in [6, 6.07) is 0. The van der Waals surface area contributed by atoms with Crippen molar-refractivity contribution in [3.8, 4) is 0 Å². The van der Waals surface area contributed by atoms with Crippen LogP contribution in [0.25, 0.3) is 20.9 Å². The Hall–Kier alpha value is -2.28. The van der Waals surface area contributed by atoms with Crippen molar-refractivity contribution in [1.29, 1.82) is 0 Å². The molecule has 2 aliphatic carbocycles. The van der Waals surface area contributed by atoms with Crippen molar-refractivity contribution >= 4 is 0 Å². The highest BCUT2D eigenvalue weighted by atomic mass is 16.6. The van der Waals surface area contributed by atoms with Crippen LogP contribution >= 0.6 is 0 Å². The van der Waals surface area contributed by atoms with E-state index in [4.69, 9.17) is 15.8 Å². The van der Waals surface area contributed by atoms with Crippen LogP contribution in [0, 0.1) is 0 Å². The first-order chi connectivity index (χ1) is 12.6. The second-order valence-electron chi connectivity index (χ2n) is 6.83. The molecule has 0 spiro atoms. The standard InChI is InChI=1S/C17H22N6O3/c18-22-20-9-12-8-14-15(17(25,26-12)10-21-23-19)7-6-13(16(14)24)11-4-2-1-3-5-11/h6-7,12,16,24-25H,1-5,8-10H2/t12-,16?,17-/m1/s1. The molecule has 0 saturated heterocycles. The van der Waals surface area contributed by atoms with E-state index in [1.807, 2.05) is 6.08 Å². The molecular formula is C17H22N6O3. The average Bonchev–Trinajstić information content (AvgIpc) is 2.66. The summed E-state index contributed by atoms with van der Waals surface area (Å²) in [4.78, 5) is 5.42. The quantitative estimate of drug-likeness (QED) is 0.449. The van der Waals surface area contributed by atoms with Gasteiger partial charge in [-0.05, 0) is 54.3 Å². The summed E-state index contributed by atoms with van der Waals surface area (Å²) in [6.45, 7) is -0.299. The van der Waals surface area contributed by atoms with Gasteiger partial charge in [-0.3, -0.25) is 0 Å². The number of aliphatic hydroxyl groups is 2. The van der Waals surface area contributed by atoms with E-state index in [9.17, 15) is 10.2 Å². The van der Waals surface area contributed by atoms with E-state index in [0.29, 0.717) is 17.6 Å². The maximum atomic E-state index is 11.0. The molecule has 3 aliphatic rings. The summed E-state index contributed by atoms with van der Waals surface area (Å²) in [5.74, 6) is -1.84. The lowest BCUT2D eigenvalue weighted by Gasteiger charge is -2.42. The lowest BCUT2D eigenvalue weighted by Crippen LogP contribution is -2.48. The van der Waals surface area contributed by atoms with Crippen molar-refractivity contribution in [3.63, 3.8) is 0 Å². The van der Waals surface area contributed by atoms with Crippen LogP contribution in [0.3, 0.4) is 0 Å². The van der Waals surface area contributed by atoms with Gasteiger partial charge in [0.1, 0.15) is 6.10 Å². The van der Waals surface area contributed by atoms with Gasteiger partial charge in [-0.15, -0.1) is 0 Å². The third kappa shape index (κ3) is 3.62. The largest absolute Gasteiger partial charge is 0.384 e. The van der Waals surface area contributed by atoms with E-state index in [0.717, 1.165) is 31.3 Å². The molecule has 0 radical (unpaired) electrons. The van der Waals surface area contributed by atoms with Gasteiger partial charge in [-0.1, -0.05) is 34.4 Å². The Bertz CT molecular complexity index is 752. The Kier molecular flexibility index (Phi) is 5.66. The van der Waals surface area contributed by atoms with Gasteiger partial charge in [-0.2, -0.15) is 0 Å². The minimum atomic E-state index is -1.84. The molecule has 0 bridgehead atoms. The maximum Gasteiger partial charge on any atom is 0.198 e. The molecule has 0 aromatic rings. The van der Waals surface area contributed by atoms with E-state index in [1.165, 1.54) is 12.0 Å². The van der Waals surface area contributed by atoms with Crippen molar-refractivity contribution in [2.24, 2.45) is 10.2 Å². The SMILES string of the molecule is [N-]=[N+]=NC[C@H]1CC2=C(C=CC(=C3CCCCC3)C2O)[C@@](O)(CN=[N+]=[N-])O1. The van der Waals surface area contributed by atoms with Crippen LogP contribution in [-0.4, -0.2) is 41.3 Å². The lowest BCUT2D eigenvalue weighted by atomic mass is 9.78. The van der Waals surface area contributed by atoms with Crippen LogP contribution in [-0.2, 0) is 4.74 Å². The second-order valence-corrected chi connectivity index (χ2v) is 6.83. The molecule has 0 amide bonds. The zero-order valence-electron chi connectivity index (χ0n) is 14.5. The number of azide groups is 2.